The van der Waals surface area contributed by atoms with Crippen LogP contribution in [0.25, 0.3) is 0 Å². The van der Waals surface area contributed by atoms with Crippen LogP contribution in [0, 0.1) is 12.8 Å². The number of aryl methyl sites for hydroxylation is 1. The second kappa shape index (κ2) is 5.28. The van der Waals surface area contributed by atoms with Crippen molar-refractivity contribution in [3.63, 3.8) is 0 Å². The highest BCUT2D eigenvalue weighted by molar-refractivity contribution is 6.33. The number of rotatable bonds is 2. The molecule has 1 heterocycles. The van der Waals surface area contributed by atoms with Crippen LogP contribution in [0.1, 0.15) is 22.3 Å². The molecule has 0 saturated carbocycles. The Labute approximate surface area is 112 Å². The summed E-state index contributed by atoms with van der Waals surface area (Å²) in [5, 5.41) is 0.532. The summed E-state index contributed by atoms with van der Waals surface area (Å²) in [6.07, 6.45) is 0.985. The van der Waals surface area contributed by atoms with E-state index in [9.17, 15) is 4.79 Å². The molecule has 17 heavy (non-hydrogen) atoms. The minimum Gasteiger partial charge on any atom is -0.338 e. The lowest BCUT2D eigenvalue weighted by molar-refractivity contribution is 0.0788. The van der Waals surface area contributed by atoms with Gasteiger partial charge in [0.1, 0.15) is 0 Å². The number of alkyl halides is 1. The Morgan fingerprint density at radius 1 is 1.53 bits per heavy atom. The van der Waals surface area contributed by atoms with Gasteiger partial charge in [0, 0.05) is 19.0 Å². The van der Waals surface area contributed by atoms with Crippen LogP contribution in [-0.2, 0) is 0 Å². The van der Waals surface area contributed by atoms with Gasteiger partial charge < -0.3 is 4.90 Å². The molecule has 1 aromatic rings. The van der Waals surface area contributed by atoms with Gasteiger partial charge in [0.25, 0.3) is 5.91 Å². The van der Waals surface area contributed by atoms with Gasteiger partial charge in [0.05, 0.1) is 10.6 Å². The first-order chi connectivity index (χ1) is 8.11. The van der Waals surface area contributed by atoms with Crippen molar-refractivity contribution in [3.8, 4) is 0 Å². The quantitative estimate of drug-likeness (QED) is 0.756. The highest BCUT2D eigenvalue weighted by Crippen LogP contribution is 2.23. The van der Waals surface area contributed by atoms with E-state index in [0.717, 1.165) is 25.1 Å². The van der Waals surface area contributed by atoms with Crippen LogP contribution in [0.5, 0.6) is 0 Å². The van der Waals surface area contributed by atoms with Gasteiger partial charge >= 0.3 is 0 Å². The maximum Gasteiger partial charge on any atom is 0.255 e. The van der Waals surface area contributed by atoms with Gasteiger partial charge in [-0.25, -0.2) is 0 Å². The molecule has 0 radical (unpaired) electrons. The fourth-order valence-corrected chi connectivity index (χ4v) is 2.67. The third-order valence-electron chi connectivity index (χ3n) is 3.15. The molecule has 1 unspecified atom stereocenters. The van der Waals surface area contributed by atoms with Gasteiger partial charge in [0.2, 0.25) is 0 Å². The SMILES string of the molecule is Cc1ccc(C(=O)N2CCC(CCl)C2)c(Cl)c1. The highest BCUT2D eigenvalue weighted by Gasteiger charge is 2.27. The molecule has 92 valence electrons. The van der Waals surface area contributed by atoms with Crippen LogP contribution in [0.15, 0.2) is 18.2 Å². The standard InChI is InChI=1S/C13H15Cl2NO/c1-9-2-3-11(12(15)6-9)13(17)16-5-4-10(7-14)8-16/h2-3,6,10H,4-5,7-8H2,1H3. The summed E-state index contributed by atoms with van der Waals surface area (Å²) in [5.74, 6) is 1.05. The Kier molecular flexibility index (Phi) is 3.95. The number of hydrogen-bond donors (Lipinski definition) is 0. The largest absolute Gasteiger partial charge is 0.338 e. The molecule has 1 aliphatic rings. The van der Waals surface area contributed by atoms with E-state index in [-0.39, 0.29) is 5.91 Å². The number of nitrogens with zero attached hydrogens (tertiary/aromatic N) is 1. The molecular weight excluding hydrogens is 257 g/mol. The lowest BCUT2D eigenvalue weighted by atomic mass is 10.1. The van der Waals surface area contributed by atoms with E-state index < -0.39 is 0 Å². The summed E-state index contributed by atoms with van der Waals surface area (Å²) in [6, 6.07) is 5.53. The van der Waals surface area contributed by atoms with Gasteiger partial charge in [-0.15, -0.1) is 11.6 Å². The second-order valence-corrected chi connectivity index (χ2v) is 5.26. The number of halogens is 2. The summed E-state index contributed by atoms with van der Waals surface area (Å²) in [5.41, 5.74) is 1.65. The van der Waals surface area contributed by atoms with Crippen molar-refractivity contribution in [2.24, 2.45) is 5.92 Å². The molecule has 0 aromatic heterocycles. The normalized spacial score (nSPS) is 19.7. The van der Waals surface area contributed by atoms with Gasteiger partial charge in [-0.3, -0.25) is 4.79 Å². The smallest absolute Gasteiger partial charge is 0.255 e. The first-order valence-corrected chi connectivity index (χ1v) is 6.64. The predicted molar refractivity (Wildman–Crippen MR) is 70.9 cm³/mol. The molecule has 1 amide bonds. The zero-order chi connectivity index (χ0) is 12.4. The van der Waals surface area contributed by atoms with E-state index >= 15 is 0 Å². The van der Waals surface area contributed by atoms with Crippen LogP contribution in [0.3, 0.4) is 0 Å². The van der Waals surface area contributed by atoms with Gasteiger partial charge in [-0.05, 0) is 37.0 Å². The van der Waals surface area contributed by atoms with Gasteiger partial charge in [-0.2, -0.15) is 0 Å². The molecule has 2 rings (SSSR count). The molecule has 0 bridgehead atoms. The van der Waals surface area contributed by atoms with E-state index in [1.54, 1.807) is 6.07 Å². The minimum absolute atomic E-state index is 0.0163. The van der Waals surface area contributed by atoms with E-state index in [2.05, 4.69) is 0 Å². The Bertz CT molecular complexity index is 433. The second-order valence-electron chi connectivity index (χ2n) is 4.54. The van der Waals surface area contributed by atoms with Crippen LogP contribution in [0.4, 0.5) is 0 Å². The highest BCUT2D eigenvalue weighted by atomic mass is 35.5. The summed E-state index contributed by atoms with van der Waals surface area (Å²) >= 11 is 11.9. The molecule has 1 aliphatic heterocycles. The molecule has 4 heteroatoms. The van der Waals surface area contributed by atoms with Crippen molar-refractivity contribution in [2.45, 2.75) is 13.3 Å². The average molecular weight is 272 g/mol. The summed E-state index contributed by atoms with van der Waals surface area (Å²) < 4.78 is 0. The van der Waals surface area contributed by atoms with Crippen LogP contribution < -0.4 is 0 Å². The number of carbonyl (C=O) groups is 1. The number of benzene rings is 1. The summed E-state index contributed by atoms with van der Waals surface area (Å²) in [7, 11) is 0. The van der Waals surface area contributed by atoms with Crippen molar-refractivity contribution in [3.05, 3.63) is 34.3 Å². The Morgan fingerprint density at radius 3 is 2.88 bits per heavy atom. The zero-order valence-electron chi connectivity index (χ0n) is 9.75. The Morgan fingerprint density at radius 2 is 2.29 bits per heavy atom. The van der Waals surface area contributed by atoms with E-state index in [1.807, 2.05) is 24.0 Å². The van der Waals surface area contributed by atoms with Crippen molar-refractivity contribution in [1.82, 2.24) is 4.90 Å². The van der Waals surface area contributed by atoms with Crippen LogP contribution >= 0.6 is 23.2 Å². The van der Waals surface area contributed by atoms with Crippen LogP contribution in [0.2, 0.25) is 5.02 Å². The lowest BCUT2D eigenvalue weighted by Crippen LogP contribution is -2.29. The molecule has 1 saturated heterocycles. The topological polar surface area (TPSA) is 20.3 Å². The maximum absolute atomic E-state index is 12.2. The molecule has 1 atom stereocenters. The third-order valence-corrected chi connectivity index (χ3v) is 3.90. The molecule has 0 N–H and O–H groups in total. The number of amides is 1. The molecule has 2 nitrogen and oxygen atoms in total. The van der Waals surface area contributed by atoms with Crippen molar-refractivity contribution in [2.75, 3.05) is 19.0 Å². The summed E-state index contributed by atoms with van der Waals surface area (Å²) in [6.45, 7) is 3.48. The van der Waals surface area contributed by atoms with Crippen molar-refractivity contribution in [1.29, 1.82) is 0 Å². The summed E-state index contributed by atoms with van der Waals surface area (Å²) in [4.78, 5) is 14.1. The monoisotopic (exact) mass is 271 g/mol. The first-order valence-electron chi connectivity index (χ1n) is 5.73. The van der Waals surface area contributed by atoms with Crippen LogP contribution in [-0.4, -0.2) is 29.8 Å². The van der Waals surface area contributed by atoms with E-state index in [1.165, 1.54) is 0 Å². The zero-order valence-corrected chi connectivity index (χ0v) is 11.3. The molecule has 0 aliphatic carbocycles. The third kappa shape index (κ3) is 2.75. The fourth-order valence-electron chi connectivity index (χ4n) is 2.11. The fraction of sp³-hybridized carbons (Fsp3) is 0.462. The molecule has 0 spiro atoms. The predicted octanol–water partition coefficient (Wildman–Crippen LogP) is 3.35. The average Bonchev–Trinajstić information content (AvgIpc) is 2.76. The van der Waals surface area contributed by atoms with Crippen molar-refractivity contribution >= 4 is 29.1 Å². The molecular formula is C13H15Cl2NO. The minimum atomic E-state index is 0.0163. The van der Waals surface area contributed by atoms with Gasteiger partial charge in [0.15, 0.2) is 0 Å². The van der Waals surface area contributed by atoms with E-state index in [0.29, 0.717) is 22.4 Å². The lowest BCUT2D eigenvalue weighted by Gasteiger charge is -2.17. The van der Waals surface area contributed by atoms with Crippen molar-refractivity contribution < 1.29 is 4.79 Å². The molecule has 1 fully saturated rings. The Balaban J connectivity index is 2.15. The first kappa shape index (κ1) is 12.7. The number of carbonyl (C=O) groups excluding carboxylic acids is 1. The maximum atomic E-state index is 12.2. The number of hydrogen-bond acceptors (Lipinski definition) is 1. The van der Waals surface area contributed by atoms with E-state index in [4.69, 9.17) is 23.2 Å². The Hall–Kier alpha value is -0.730. The molecule has 1 aromatic carbocycles. The number of likely N-dealkylation sites (tertiary alicyclic amines) is 1. The van der Waals surface area contributed by atoms with Gasteiger partial charge in [-0.1, -0.05) is 17.7 Å².